The van der Waals surface area contributed by atoms with Gasteiger partial charge in [-0.05, 0) is 75.9 Å². The van der Waals surface area contributed by atoms with E-state index in [0.29, 0.717) is 12.2 Å². The Morgan fingerprint density at radius 1 is 1.14 bits per heavy atom. The van der Waals surface area contributed by atoms with Gasteiger partial charge in [-0.15, -0.1) is 0 Å². The monoisotopic (exact) mass is 310 g/mol. The van der Waals surface area contributed by atoms with E-state index in [1.165, 1.54) is 6.42 Å². The molecule has 0 aromatic heterocycles. The van der Waals surface area contributed by atoms with Crippen molar-refractivity contribution in [2.45, 2.75) is 64.7 Å². The molecule has 1 nitrogen and oxygen atoms in total. The summed E-state index contributed by atoms with van der Waals surface area (Å²) in [5.74, 6) is 1.08. The lowest BCUT2D eigenvalue weighted by molar-refractivity contribution is 0.111. The average molecular weight is 310 g/mol. The maximum Gasteiger partial charge on any atom is 0.192 e. The number of alkyl halides is 2. The Kier molecular flexibility index (Phi) is 6.66. The molecule has 0 aromatic rings. The first kappa shape index (κ1) is 17.2. The van der Waals surface area contributed by atoms with Crippen molar-refractivity contribution in [1.29, 1.82) is 0 Å². The van der Waals surface area contributed by atoms with E-state index >= 15 is 0 Å². The van der Waals surface area contributed by atoms with Gasteiger partial charge >= 0.3 is 0 Å². The Balaban J connectivity index is 1.90. The molecule has 3 heteroatoms. The second kappa shape index (κ2) is 8.50. The summed E-state index contributed by atoms with van der Waals surface area (Å²) in [7, 11) is 0. The number of hydrogen-bond donors (Lipinski definition) is 0. The molecule has 2 aliphatic carbocycles. The van der Waals surface area contributed by atoms with Crippen LogP contribution in [0.25, 0.3) is 0 Å². The molecule has 2 atom stereocenters. The van der Waals surface area contributed by atoms with Crippen molar-refractivity contribution >= 4 is 0 Å². The molecule has 1 saturated carbocycles. The van der Waals surface area contributed by atoms with Crippen molar-refractivity contribution in [2.24, 2.45) is 11.8 Å². The van der Waals surface area contributed by atoms with Gasteiger partial charge in [0.25, 0.3) is 0 Å². The molecule has 22 heavy (non-hydrogen) atoms. The van der Waals surface area contributed by atoms with Crippen LogP contribution in [0.2, 0.25) is 0 Å². The maximum absolute atomic E-state index is 14.4. The summed E-state index contributed by atoms with van der Waals surface area (Å²) in [6.07, 6.45) is 11.1. The van der Waals surface area contributed by atoms with Crippen LogP contribution in [0.1, 0.15) is 52.4 Å². The van der Waals surface area contributed by atoms with E-state index in [1.54, 1.807) is 19.1 Å². The third-order valence-electron chi connectivity index (χ3n) is 4.89. The summed E-state index contributed by atoms with van der Waals surface area (Å²) >= 11 is 0. The molecule has 2 rings (SSSR count). The normalized spacial score (nSPS) is 32.7. The van der Waals surface area contributed by atoms with Crippen LogP contribution in [-0.4, -0.2) is 19.0 Å². The van der Waals surface area contributed by atoms with E-state index in [4.69, 9.17) is 4.74 Å². The van der Waals surface area contributed by atoms with Crippen molar-refractivity contribution in [3.8, 4) is 0 Å². The third-order valence-corrected chi connectivity index (χ3v) is 4.89. The fraction of sp³-hybridized carbons (Fsp3) is 0.684. The molecular formula is C19H28F2O. The minimum absolute atomic E-state index is 0.138. The molecule has 0 spiro atoms. The van der Waals surface area contributed by atoms with E-state index in [0.717, 1.165) is 38.0 Å². The predicted molar refractivity (Wildman–Crippen MR) is 87.1 cm³/mol. The summed E-state index contributed by atoms with van der Waals surface area (Å²) in [5.41, 5.74) is 0.642. The van der Waals surface area contributed by atoms with Gasteiger partial charge in [-0.3, -0.25) is 0 Å². The van der Waals surface area contributed by atoms with Gasteiger partial charge in [0.15, 0.2) is 12.3 Å². The highest BCUT2D eigenvalue weighted by Crippen LogP contribution is 2.40. The molecule has 0 heterocycles. The molecule has 0 amide bonds. The van der Waals surface area contributed by atoms with Gasteiger partial charge in [0.1, 0.15) is 5.76 Å². The number of ether oxygens (including phenoxy) is 1. The first-order chi connectivity index (χ1) is 10.7. The first-order valence-electron chi connectivity index (χ1n) is 8.61. The second-order valence-electron chi connectivity index (χ2n) is 6.34. The summed E-state index contributed by atoms with van der Waals surface area (Å²) < 4.78 is 33.6. The molecule has 1 fully saturated rings. The third kappa shape index (κ3) is 4.21. The van der Waals surface area contributed by atoms with Crippen molar-refractivity contribution in [3.63, 3.8) is 0 Å². The van der Waals surface area contributed by atoms with Crippen LogP contribution in [-0.2, 0) is 4.74 Å². The molecule has 2 unspecified atom stereocenters. The smallest absolute Gasteiger partial charge is 0.192 e. The number of halogens is 2. The van der Waals surface area contributed by atoms with Crippen molar-refractivity contribution in [3.05, 3.63) is 35.6 Å². The standard InChI is InChI=1S/C19H28F2O/c1-3-5-6-7-14-8-10-15(11-9-14)16-12-13-17(22-4-2)19(21)18(16)20/h3,5,12-15,18-19H,4,6-11H2,1-2H3/b5-3+. The van der Waals surface area contributed by atoms with Crippen LogP contribution in [0, 0.1) is 11.8 Å². The largest absolute Gasteiger partial charge is 0.495 e. The highest BCUT2D eigenvalue weighted by molar-refractivity contribution is 5.31. The Labute approximate surface area is 133 Å². The van der Waals surface area contributed by atoms with Gasteiger partial charge in [0, 0.05) is 0 Å². The zero-order chi connectivity index (χ0) is 15.9. The fourth-order valence-corrected chi connectivity index (χ4v) is 3.61. The Hall–Kier alpha value is -1.12. The van der Waals surface area contributed by atoms with Gasteiger partial charge in [0.05, 0.1) is 6.61 Å². The molecule has 0 aliphatic heterocycles. The van der Waals surface area contributed by atoms with E-state index in [2.05, 4.69) is 12.2 Å². The van der Waals surface area contributed by atoms with Gasteiger partial charge in [-0.25, -0.2) is 8.78 Å². The summed E-state index contributed by atoms with van der Waals surface area (Å²) in [5, 5.41) is 0. The predicted octanol–water partition coefficient (Wildman–Crippen LogP) is 5.69. The SMILES string of the molecule is C/C=C/CCC1CCC(C2=CC=C(OCC)C(F)C2F)CC1. The number of hydrogen-bond acceptors (Lipinski definition) is 1. The Morgan fingerprint density at radius 2 is 1.86 bits per heavy atom. The molecule has 0 bridgehead atoms. The van der Waals surface area contributed by atoms with Crippen LogP contribution in [0.5, 0.6) is 0 Å². The van der Waals surface area contributed by atoms with Crippen molar-refractivity contribution in [2.75, 3.05) is 6.61 Å². The fourth-order valence-electron chi connectivity index (χ4n) is 3.61. The molecule has 0 aromatic carbocycles. The van der Waals surface area contributed by atoms with Crippen LogP contribution in [0.15, 0.2) is 35.6 Å². The molecule has 2 aliphatic rings. The highest BCUT2D eigenvalue weighted by Gasteiger charge is 2.36. The molecule has 0 saturated heterocycles. The van der Waals surface area contributed by atoms with Crippen LogP contribution in [0.3, 0.4) is 0 Å². The quantitative estimate of drug-likeness (QED) is 0.573. The van der Waals surface area contributed by atoms with Crippen molar-refractivity contribution in [1.82, 2.24) is 0 Å². The molecular weight excluding hydrogens is 282 g/mol. The lowest BCUT2D eigenvalue weighted by Gasteiger charge is -2.33. The second-order valence-corrected chi connectivity index (χ2v) is 6.34. The zero-order valence-electron chi connectivity index (χ0n) is 13.7. The number of allylic oxidation sites excluding steroid dienone is 6. The highest BCUT2D eigenvalue weighted by atomic mass is 19.2. The Morgan fingerprint density at radius 3 is 2.50 bits per heavy atom. The van der Waals surface area contributed by atoms with Crippen LogP contribution in [0.4, 0.5) is 8.78 Å². The minimum Gasteiger partial charge on any atom is -0.495 e. The number of rotatable bonds is 6. The Bertz CT molecular complexity index is 431. The van der Waals surface area contributed by atoms with E-state index in [-0.39, 0.29) is 11.7 Å². The lowest BCUT2D eigenvalue weighted by Crippen LogP contribution is -2.31. The van der Waals surface area contributed by atoms with E-state index in [1.807, 2.05) is 6.92 Å². The summed E-state index contributed by atoms with van der Waals surface area (Å²) in [6.45, 7) is 4.21. The van der Waals surface area contributed by atoms with E-state index in [9.17, 15) is 8.78 Å². The van der Waals surface area contributed by atoms with Crippen molar-refractivity contribution < 1.29 is 13.5 Å². The van der Waals surface area contributed by atoms with E-state index < -0.39 is 12.3 Å². The maximum atomic E-state index is 14.4. The summed E-state index contributed by atoms with van der Waals surface area (Å²) in [4.78, 5) is 0. The minimum atomic E-state index is -1.63. The van der Waals surface area contributed by atoms with Gasteiger partial charge in [-0.2, -0.15) is 0 Å². The van der Waals surface area contributed by atoms with Gasteiger partial charge in [0.2, 0.25) is 0 Å². The average Bonchev–Trinajstić information content (AvgIpc) is 2.53. The lowest BCUT2D eigenvalue weighted by atomic mass is 9.74. The van der Waals surface area contributed by atoms with Crippen LogP contribution >= 0.6 is 0 Å². The van der Waals surface area contributed by atoms with Crippen LogP contribution < -0.4 is 0 Å². The topological polar surface area (TPSA) is 9.23 Å². The zero-order valence-corrected chi connectivity index (χ0v) is 13.7. The summed E-state index contributed by atoms with van der Waals surface area (Å²) in [6, 6.07) is 0. The van der Waals surface area contributed by atoms with Gasteiger partial charge in [-0.1, -0.05) is 18.2 Å². The molecule has 124 valence electrons. The molecule has 0 radical (unpaired) electrons. The van der Waals surface area contributed by atoms with Gasteiger partial charge < -0.3 is 4.74 Å². The molecule has 0 N–H and O–H groups in total. The first-order valence-corrected chi connectivity index (χ1v) is 8.61.